The maximum absolute atomic E-state index is 14.0. The first-order chi connectivity index (χ1) is 12.2. The van der Waals surface area contributed by atoms with Gasteiger partial charge in [-0.1, -0.05) is 0 Å². The number of esters is 1. The van der Waals surface area contributed by atoms with Crippen LogP contribution in [0, 0.1) is 23.2 Å². The van der Waals surface area contributed by atoms with E-state index in [9.17, 15) is 40.0 Å². The van der Waals surface area contributed by atoms with E-state index in [4.69, 9.17) is 0 Å². The van der Waals surface area contributed by atoms with Gasteiger partial charge in [0.25, 0.3) is 6.10 Å². The molecule has 0 N–H and O–H groups in total. The van der Waals surface area contributed by atoms with Crippen molar-refractivity contribution in [2.45, 2.75) is 49.6 Å². The van der Waals surface area contributed by atoms with Crippen molar-refractivity contribution in [2.75, 3.05) is 7.11 Å². The summed E-state index contributed by atoms with van der Waals surface area (Å²) in [4.78, 5) is 24.6. The van der Waals surface area contributed by atoms with E-state index in [0.717, 1.165) is 0 Å². The molecule has 0 aromatic heterocycles. The van der Waals surface area contributed by atoms with Gasteiger partial charge in [-0.3, -0.25) is 13.8 Å². The average Bonchev–Trinajstić information content (AvgIpc) is 2.54. The molecule has 27 heavy (non-hydrogen) atoms. The van der Waals surface area contributed by atoms with Gasteiger partial charge in [0, 0.05) is 11.8 Å². The molecule has 0 aromatic rings. The third-order valence-electron chi connectivity index (χ3n) is 5.81. The molecule has 0 spiro atoms. The molecule has 0 heterocycles. The molecule has 0 saturated heterocycles. The monoisotopic (exact) mass is 420 g/mol. The molecule has 3 unspecified atom stereocenters. The first-order valence-corrected chi connectivity index (χ1v) is 9.64. The van der Waals surface area contributed by atoms with Crippen LogP contribution in [0.2, 0.25) is 0 Å². The van der Waals surface area contributed by atoms with Crippen LogP contribution in [0.25, 0.3) is 0 Å². The molecule has 3 atom stereocenters. The Morgan fingerprint density at radius 3 is 2.07 bits per heavy atom. The van der Waals surface area contributed by atoms with Crippen LogP contribution in [0.4, 0.5) is 22.0 Å². The molecule has 4 aliphatic rings. The molecule has 4 saturated carbocycles. The maximum atomic E-state index is 14.0. The second-order valence-corrected chi connectivity index (χ2v) is 9.32. The Bertz CT molecular complexity index is 743. The van der Waals surface area contributed by atoms with E-state index in [0.29, 0.717) is 12.8 Å². The van der Waals surface area contributed by atoms with Crippen LogP contribution in [0.15, 0.2) is 0 Å². The number of rotatable bonds is 5. The second-order valence-electron chi connectivity index (χ2n) is 7.54. The molecule has 4 bridgehead atoms. The summed E-state index contributed by atoms with van der Waals surface area (Å²) in [6.45, 7) is 0. The lowest BCUT2D eigenvalue weighted by Gasteiger charge is -2.54. The van der Waals surface area contributed by atoms with E-state index in [-0.39, 0.29) is 38.1 Å². The predicted molar refractivity (Wildman–Crippen MR) is 77.8 cm³/mol. The van der Waals surface area contributed by atoms with Crippen molar-refractivity contribution in [3.05, 3.63) is 0 Å². The lowest BCUT2D eigenvalue weighted by atomic mass is 9.49. The lowest BCUT2D eigenvalue weighted by molar-refractivity contribution is -0.265. The van der Waals surface area contributed by atoms with E-state index >= 15 is 0 Å². The summed E-state index contributed by atoms with van der Waals surface area (Å²) in [5, 5.41) is -5.52. The molecular formula is C15H17F5O6S. The summed E-state index contributed by atoms with van der Waals surface area (Å²) < 4.78 is 97.6. The predicted octanol–water partition coefficient (Wildman–Crippen LogP) is 2.42. The number of hydrogen-bond donors (Lipinski definition) is 0. The van der Waals surface area contributed by atoms with Crippen LogP contribution in [-0.2, 0) is 28.6 Å². The van der Waals surface area contributed by atoms with Crippen LogP contribution in [-0.4, -0.2) is 44.8 Å². The van der Waals surface area contributed by atoms with E-state index in [1.165, 1.54) is 0 Å². The summed E-state index contributed by atoms with van der Waals surface area (Å²) in [7, 11) is -5.69. The van der Waals surface area contributed by atoms with Gasteiger partial charge in [0.2, 0.25) is 0 Å². The standard InChI is InChI=1S/C15H17F5O6S/c1-25-27(23,24)15(19,20)11(14(16,17)18)26-12(22)13-4-7-2-8(5-13)10(21)9(3-7)6-13/h7-9,11H,2-6H2,1H3. The van der Waals surface area contributed by atoms with Gasteiger partial charge in [-0.25, -0.2) is 0 Å². The number of carbonyl (C=O) groups excluding carboxylic acids is 2. The van der Waals surface area contributed by atoms with Crippen LogP contribution in [0.1, 0.15) is 32.1 Å². The van der Waals surface area contributed by atoms with Crippen molar-refractivity contribution >= 4 is 21.9 Å². The van der Waals surface area contributed by atoms with Gasteiger partial charge < -0.3 is 4.74 Å². The van der Waals surface area contributed by atoms with Gasteiger partial charge in [-0.05, 0) is 38.0 Å². The summed E-state index contributed by atoms with van der Waals surface area (Å²) in [6.07, 6.45) is -9.01. The fourth-order valence-electron chi connectivity index (χ4n) is 4.80. The summed E-state index contributed by atoms with van der Waals surface area (Å²) in [6, 6.07) is 0. The Labute approximate surface area is 151 Å². The first kappa shape index (κ1) is 20.4. The normalized spacial score (nSPS) is 34.6. The van der Waals surface area contributed by atoms with Crippen LogP contribution in [0.3, 0.4) is 0 Å². The Morgan fingerprint density at radius 1 is 1.11 bits per heavy atom. The molecular weight excluding hydrogens is 403 g/mol. The number of Topliss-reactive ketones (excluding diaryl/α,β-unsaturated/α-hetero) is 1. The smallest absolute Gasteiger partial charge is 0.432 e. The van der Waals surface area contributed by atoms with Crippen molar-refractivity contribution in [1.82, 2.24) is 0 Å². The topological polar surface area (TPSA) is 86.7 Å². The molecule has 0 amide bonds. The van der Waals surface area contributed by atoms with E-state index in [2.05, 4.69) is 8.92 Å². The van der Waals surface area contributed by atoms with E-state index < -0.39 is 50.9 Å². The minimum absolute atomic E-state index is 0.0611. The molecule has 4 aliphatic carbocycles. The van der Waals surface area contributed by atoms with Crippen LogP contribution >= 0.6 is 0 Å². The minimum Gasteiger partial charge on any atom is -0.444 e. The van der Waals surface area contributed by atoms with E-state index in [1.807, 2.05) is 0 Å². The third kappa shape index (κ3) is 3.14. The molecule has 6 nitrogen and oxygen atoms in total. The van der Waals surface area contributed by atoms with Crippen molar-refractivity contribution < 1.29 is 48.9 Å². The quantitative estimate of drug-likeness (QED) is 0.386. The Kier molecular flexibility index (Phi) is 4.61. The molecule has 0 radical (unpaired) electrons. The third-order valence-corrected chi connectivity index (χ3v) is 7.13. The van der Waals surface area contributed by atoms with Gasteiger partial charge in [0.15, 0.2) is 0 Å². The van der Waals surface area contributed by atoms with Crippen molar-refractivity contribution in [3.8, 4) is 0 Å². The molecule has 0 aliphatic heterocycles. The van der Waals surface area contributed by atoms with Crippen LogP contribution < -0.4 is 0 Å². The largest absolute Gasteiger partial charge is 0.444 e. The molecule has 154 valence electrons. The van der Waals surface area contributed by atoms with Gasteiger partial charge >= 0.3 is 27.5 Å². The molecule has 4 rings (SSSR count). The first-order valence-electron chi connectivity index (χ1n) is 8.23. The zero-order chi connectivity index (χ0) is 20.4. The highest BCUT2D eigenvalue weighted by molar-refractivity contribution is 7.87. The minimum atomic E-state index is -5.98. The molecule has 12 heteroatoms. The van der Waals surface area contributed by atoms with Gasteiger partial charge in [0.1, 0.15) is 5.78 Å². The van der Waals surface area contributed by atoms with Gasteiger partial charge in [-0.15, -0.1) is 0 Å². The average molecular weight is 420 g/mol. The van der Waals surface area contributed by atoms with Crippen molar-refractivity contribution in [2.24, 2.45) is 23.2 Å². The number of halogens is 5. The SMILES string of the molecule is COS(=O)(=O)C(F)(F)C(OC(=O)C12CC3CC(C1)C(=O)C(C3)C2)C(F)(F)F. The molecule has 4 fully saturated rings. The zero-order valence-corrected chi connectivity index (χ0v) is 14.9. The number of ketones is 1. The van der Waals surface area contributed by atoms with Gasteiger partial charge in [0.05, 0.1) is 12.5 Å². The number of alkyl halides is 5. The summed E-state index contributed by atoms with van der Waals surface area (Å²) >= 11 is 0. The highest BCUT2D eigenvalue weighted by Gasteiger charge is 2.68. The molecule has 0 aromatic carbocycles. The fourth-order valence-corrected chi connectivity index (χ4v) is 5.46. The maximum Gasteiger partial charge on any atom is 0.432 e. The number of hydrogen-bond acceptors (Lipinski definition) is 6. The highest BCUT2D eigenvalue weighted by atomic mass is 32.2. The second kappa shape index (κ2) is 6.10. The Morgan fingerprint density at radius 2 is 1.63 bits per heavy atom. The lowest BCUT2D eigenvalue weighted by Crippen LogP contribution is -2.58. The summed E-state index contributed by atoms with van der Waals surface area (Å²) in [5.41, 5.74) is -1.47. The summed E-state index contributed by atoms with van der Waals surface area (Å²) in [5.74, 6) is -2.68. The number of ether oxygens (including phenoxy) is 1. The van der Waals surface area contributed by atoms with Crippen LogP contribution in [0.5, 0.6) is 0 Å². The van der Waals surface area contributed by atoms with Crippen molar-refractivity contribution in [3.63, 3.8) is 0 Å². The Hall–Kier alpha value is -1.30. The zero-order valence-electron chi connectivity index (χ0n) is 14.1. The van der Waals surface area contributed by atoms with Gasteiger partial charge in [-0.2, -0.15) is 30.4 Å². The Balaban J connectivity index is 1.89. The highest BCUT2D eigenvalue weighted by Crippen LogP contribution is 2.59. The number of carbonyl (C=O) groups is 2. The van der Waals surface area contributed by atoms with E-state index in [1.54, 1.807) is 0 Å². The fraction of sp³-hybridized carbons (Fsp3) is 0.867. The van der Waals surface area contributed by atoms with Crippen molar-refractivity contribution in [1.29, 1.82) is 0 Å².